The molecule has 1 unspecified atom stereocenters. The second-order valence-electron chi connectivity index (χ2n) is 9.21. The van der Waals surface area contributed by atoms with Crippen molar-refractivity contribution in [1.29, 1.82) is 0 Å². The van der Waals surface area contributed by atoms with Crippen LogP contribution in [0.3, 0.4) is 0 Å². The minimum atomic E-state index is -4.38. The van der Waals surface area contributed by atoms with E-state index in [0.29, 0.717) is 18.5 Å². The third-order valence-electron chi connectivity index (χ3n) is 6.33. The first-order chi connectivity index (χ1) is 19.0. The summed E-state index contributed by atoms with van der Waals surface area (Å²) in [5.41, 5.74) is 0.939. The topological polar surface area (TPSA) is 86.8 Å². The zero-order valence-corrected chi connectivity index (χ0v) is 24.9. The number of benzene rings is 3. The molecule has 0 heterocycles. The molecule has 0 fully saturated rings. The Labute approximate surface area is 244 Å². The van der Waals surface area contributed by atoms with Crippen molar-refractivity contribution in [1.82, 2.24) is 10.2 Å². The SMILES string of the molecule is CCCNC(=O)C(CC)N(Cc1c(Cl)cccc1Cl)C(=O)CN(c1ccccc1F)S(=O)(=O)c1ccc(C)cc1. The first kappa shape index (κ1) is 31.4. The third kappa shape index (κ3) is 7.33. The van der Waals surface area contributed by atoms with Gasteiger partial charge in [-0.05, 0) is 56.2 Å². The smallest absolute Gasteiger partial charge is 0.264 e. The van der Waals surface area contributed by atoms with Crippen molar-refractivity contribution in [3.63, 3.8) is 0 Å². The molecule has 0 aliphatic carbocycles. The predicted octanol–water partition coefficient (Wildman–Crippen LogP) is 5.97. The zero-order valence-electron chi connectivity index (χ0n) is 22.5. The Balaban J connectivity index is 2.10. The largest absolute Gasteiger partial charge is 0.354 e. The van der Waals surface area contributed by atoms with Gasteiger partial charge in [-0.1, -0.05) is 72.9 Å². The molecule has 3 aromatic carbocycles. The van der Waals surface area contributed by atoms with Crippen molar-refractivity contribution >= 4 is 50.7 Å². The molecule has 7 nitrogen and oxygen atoms in total. The van der Waals surface area contributed by atoms with Gasteiger partial charge in [0.05, 0.1) is 10.6 Å². The molecule has 1 atom stereocenters. The molecule has 0 spiro atoms. The molecule has 40 heavy (non-hydrogen) atoms. The second kappa shape index (κ2) is 14.0. The maximum Gasteiger partial charge on any atom is 0.264 e. The first-order valence-corrected chi connectivity index (χ1v) is 15.0. The highest BCUT2D eigenvalue weighted by Crippen LogP contribution is 2.29. The van der Waals surface area contributed by atoms with Gasteiger partial charge in [-0.25, -0.2) is 12.8 Å². The van der Waals surface area contributed by atoms with E-state index in [1.165, 1.54) is 35.2 Å². The molecule has 0 saturated carbocycles. The van der Waals surface area contributed by atoms with Crippen LogP contribution in [0.4, 0.5) is 10.1 Å². The van der Waals surface area contributed by atoms with Crippen molar-refractivity contribution in [2.75, 3.05) is 17.4 Å². The molecule has 2 amide bonds. The van der Waals surface area contributed by atoms with E-state index in [1.54, 1.807) is 44.2 Å². The minimum absolute atomic E-state index is 0.109. The monoisotopic (exact) mass is 607 g/mol. The van der Waals surface area contributed by atoms with Gasteiger partial charge in [-0.15, -0.1) is 0 Å². The third-order valence-corrected chi connectivity index (χ3v) is 8.82. The number of anilines is 1. The van der Waals surface area contributed by atoms with E-state index in [2.05, 4.69) is 5.32 Å². The van der Waals surface area contributed by atoms with Crippen molar-refractivity contribution in [2.45, 2.75) is 51.1 Å². The molecule has 0 aliphatic heterocycles. The van der Waals surface area contributed by atoms with E-state index in [9.17, 15) is 18.0 Å². The Morgan fingerprint density at radius 3 is 2.15 bits per heavy atom. The van der Waals surface area contributed by atoms with Crippen LogP contribution in [0.1, 0.15) is 37.8 Å². The number of aryl methyl sites for hydroxylation is 1. The lowest BCUT2D eigenvalue weighted by molar-refractivity contribution is -0.140. The fraction of sp³-hybridized carbons (Fsp3) is 0.310. The van der Waals surface area contributed by atoms with Gasteiger partial charge in [0, 0.05) is 28.7 Å². The van der Waals surface area contributed by atoms with Gasteiger partial charge in [0.1, 0.15) is 18.4 Å². The summed E-state index contributed by atoms with van der Waals surface area (Å²) >= 11 is 12.8. The maximum atomic E-state index is 15.0. The van der Waals surface area contributed by atoms with Gasteiger partial charge in [0.15, 0.2) is 0 Å². The fourth-order valence-corrected chi connectivity index (χ4v) is 6.08. The quantitative estimate of drug-likeness (QED) is 0.275. The highest BCUT2D eigenvalue weighted by Gasteiger charge is 2.35. The van der Waals surface area contributed by atoms with Crippen LogP contribution in [-0.4, -0.2) is 44.3 Å². The molecule has 0 aromatic heterocycles. The number of sulfonamides is 1. The average molecular weight is 609 g/mol. The number of nitrogens with one attached hydrogen (secondary N) is 1. The van der Waals surface area contributed by atoms with Crippen LogP contribution in [0.25, 0.3) is 0 Å². The molecular formula is C29H32Cl2FN3O4S. The normalized spacial score (nSPS) is 12.1. The molecule has 3 rings (SSSR count). The Morgan fingerprint density at radius 2 is 1.57 bits per heavy atom. The number of amides is 2. The van der Waals surface area contributed by atoms with E-state index in [1.807, 2.05) is 6.92 Å². The van der Waals surface area contributed by atoms with Gasteiger partial charge >= 0.3 is 0 Å². The predicted molar refractivity (Wildman–Crippen MR) is 157 cm³/mol. The minimum Gasteiger partial charge on any atom is -0.354 e. The number of para-hydroxylation sites is 1. The summed E-state index contributed by atoms with van der Waals surface area (Å²) in [7, 11) is -4.38. The van der Waals surface area contributed by atoms with E-state index in [-0.39, 0.29) is 33.6 Å². The Hall–Kier alpha value is -3.14. The standard InChI is InChI=1S/C29H32Cl2FN3O4S/c1-4-17-33-29(37)26(5-2)34(18-22-23(30)9-8-10-24(22)31)28(36)19-35(27-12-7-6-11-25(27)32)40(38,39)21-15-13-20(3)14-16-21/h6-16,26H,4-5,17-19H2,1-3H3,(H,33,37). The van der Waals surface area contributed by atoms with Gasteiger partial charge in [0.25, 0.3) is 10.0 Å². The van der Waals surface area contributed by atoms with Gasteiger partial charge in [-0.2, -0.15) is 0 Å². The average Bonchev–Trinajstić information content (AvgIpc) is 2.92. The number of carbonyl (C=O) groups excluding carboxylic acids is 2. The van der Waals surface area contributed by atoms with Gasteiger partial charge in [0.2, 0.25) is 11.8 Å². The Morgan fingerprint density at radius 1 is 0.950 bits per heavy atom. The molecule has 0 saturated heterocycles. The van der Waals surface area contributed by atoms with Crippen molar-refractivity contribution in [2.24, 2.45) is 0 Å². The Bertz CT molecular complexity index is 1430. The summed E-state index contributed by atoms with van der Waals surface area (Å²) < 4.78 is 43.4. The van der Waals surface area contributed by atoms with Crippen molar-refractivity contribution in [3.05, 3.63) is 93.7 Å². The van der Waals surface area contributed by atoms with E-state index < -0.39 is 40.2 Å². The lowest BCUT2D eigenvalue weighted by Gasteiger charge is -2.33. The van der Waals surface area contributed by atoms with Crippen LogP contribution in [0.15, 0.2) is 71.6 Å². The van der Waals surface area contributed by atoms with Crippen molar-refractivity contribution < 1.29 is 22.4 Å². The van der Waals surface area contributed by atoms with Crippen molar-refractivity contribution in [3.8, 4) is 0 Å². The lowest BCUT2D eigenvalue weighted by Crippen LogP contribution is -2.52. The van der Waals surface area contributed by atoms with E-state index in [4.69, 9.17) is 23.2 Å². The highest BCUT2D eigenvalue weighted by molar-refractivity contribution is 7.92. The molecule has 0 radical (unpaired) electrons. The summed E-state index contributed by atoms with van der Waals surface area (Å²) in [6.45, 7) is 4.91. The number of rotatable bonds is 12. The first-order valence-electron chi connectivity index (χ1n) is 12.8. The van der Waals surface area contributed by atoms with Gasteiger partial charge < -0.3 is 10.2 Å². The van der Waals surface area contributed by atoms with E-state index in [0.717, 1.165) is 15.9 Å². The molecule has 1 N–H and O–H groups in total. The zero-order chi connectivity index (χ0) is 29.4. The molecule has 11 heteroatoms. The van der Waals surface area contributed by atoms with Crippen LogP contribution >= 0.6 is 23.2 Å². The summed E-state index contributed by atoms with van der Waals surface area (Å²) in [4.78, 5) is 28.3. The maximum absolute atomic E-state index is 15.0. The number of carbonyl (C=O) groups is 2. The summed E-state index contributed by atoms with van der Waals surface area (Å²) in [6, 6.07) is 15.2. The fourth-order valence-electron chi connectivity index (χ4n) is 4.14. The highest BCUT2D eigenvalue weighted by atomic mass is 35.5. The summed E-state index contributed by atoms with van der Waals surface area (Å²) in [5.74, 6) is -1.95. The number of hydrogen-bond donors (Lipinski definition) is 1. The van der Waals surface area contributed by atoms with Crippen LogP contribution in [0.2, 0.25) is 10.0 Å². The molecule has 3 aromatic rings. The van der Waals surface area contributed by atoms with Crippen LogP contribution in [0.5, 0.6) is 0 Å². The number of halogens is 3. The summed E-state index contributed by atoms with van der Waals surface area (Å²) in [6.07, 6.45) is 0.913. The number of hydrogen-bond acceptors (Lipinski definition) is 4. The van der Waals surface area contributed by atoms with Crippen LogP contribution in [-0.2, 0) is 26.2 Å². The van der Waals surface area contributed by atoms with Crippen LogP contribution < -0.4 is 9.62 Å². The molecule has 214 valence electrons. The molecular weight excluding hydrogens is 576 g/mol. The van der Waals surface area contributed by atoms with E-state index >= 15 is 4.39 Å². The molecule has 0 bridgehead atoms. The van der Waals surface area contributed by atoms with Gasteiger partial charge in [-0.3, -0.25) is 13.9 Å². The lowest BCUT2D eigenvalue weighted by atomic mass is 10.1. The number of nitrogens with zero attached hydrogens (tertiary/aromatic N) is 2. The summed E-state index contributed by atoms with van der Waals surface area (Å²) in [5, 5.41) is 3.37. The molecule has 0 aliphatic rings. The Kier molecular flexibility index (Phi) is 11.0. The van der Waals surface area contributed by atoms with Crippen LogP contribution in [0, 0.1) is 12.7 Å². The second-order valence-corrected chi connectivity index (χ2v) is 11.9.